The van der Waals surface area contributed by atoms with Crippen LogP contribution in [0.1, 0.15) is 18.1 Å². The Hall–Kier alpha value is -1.44. The number of carboxylic acid groups (broad SMARTS) is 2. The highest BCUT2D eigenvalue weighted by Crippen LogP contribution is 2.25. The Bertz CT molecular complexity index is 543. The Morgan fingerprint density at radius 2 is 1.75 bits per heavy atom. The average Bonchev–Trinajstić information content (AvgIpc) is 2.57. The summed E-state index contributed by atoms with van der Waals surface area (Å²) in [5.74, 6) is -0.659. The average molecular weight is 370 g/mol. The molecule has 0 bridgehead atoms. The number of hydrogen-bond acceptors (Lipinski definition) is 5. The number of rotatable bonds is 12. The molecule has 5 nitrogen and oxygen atoms in total. The van der Waals surface area contributed by atoms with Gasteiger partial charge in [0.15, 0.2) is 0 Å². The summed E-state index contributed by atoms with van der Waals surface area (Å²) in [6, 6.07) is 8.19. The van der Waals surface area contributed by atoms with Gasteiger partial charge < -0.3 is 14.9 Å². The largest absolute Gasteiger partial charge is 0.480 e. The quantitative estimate of drug-likeness (QED) is 0.432. The summed E-state index contributed by atoms with van der Waals surface area (Å²) < 4.78 is 3.60. The summed E-state index contributed by atoms with van der Waals surface area (Å²) in [7, 11) is 0. The van der Waals surface area contributed by atoms with Crippen LogP contribution in [-0.4, -0.2) is 51.6 Å². The summed E-state index contributed by atoms with van der Waals surface area (Å²) in [6.07, 6.45) is 1.81. The SMILES string of the molecule is C=Cc1ccc(CSCCOCCSC(C)(C(=O)O)C(=O)O)cc1. The highest BCUT2D eigenvalue weighted by molar-refractivity contribution is 8.02. The Balaban J connectivity index is 2.12. The molecule has 1 aromatic rings. The molecule has 132 valence electrons. The lowest BCUT2D eigenvalue weighted by atomic mass is 10.1. The van der Waals surface area contributed by atoms with Gasteiger partial charge in [-0.05, 0) is 18.1 Å². The molecule has 0 aromatic heterocycles. The second-order valence-corrected chi connectivity index (χ2v) is 7.72. The van der Waals surface area contributed by atoms with E-state index >= 15 is 0 Å². The Labute approximate surface area is 150 Å². The number of hydrogen-bond donors (Lipinski definition) is 2. The molecule has 1 aromatic carbocycles. The molecule has 2 N–H and O–H groups in total. The fourth-order valence-electron chi connectivity index (χ4n) is 1.68. The molecule has 0 spiro atoms. The zero-order valence-electron chi connectivity index (χ0n) is 13.6. The summed E-state index contributed by atoms with van der Waals surface area (Å²) in [6.45, 7) is 5.78. The highest BCUT2D eigenvalue weighted by Gasteiger charge is 2.42. The van der Waals surface area contributed by atoms with Crippen LogP contribution in [0.4, 0.5) is 0 Å². The molecule has 0 saturated carbocycles. The van der Waals surface area contributed by atoms with Crippen LogP contribution in [0.5, 0.6) is 0 Å². The van der Waals surface area contributed by atoms with Crippen molar-refractivity contribution in [3.8, 4) is 0 Å². The molecule has 0 atom stereocenters. The van der Waals surface area contributed by atoms with Crippen LogP contribution >= 0.6 is 23.5 Å². The zero-order valence-corrected chi connectivity index (χ0v) is 15.2. The molecule has 0 aliphatic carbocycles. The molecule has 0 fully saturated rings. The molecule has 7 heteroatoms. The first-order valence-corrected chi connectivity index (χ1v) is 9.52. The summed E-state index contributed by atoms with van der Waals surface area (Å²) in [4.78, 5) is 22.0. The van der Waals surface area contributed by atoms with E-state index in [1.54, 1.807) is 11.8 Å². The summed E-state index contributed by atoms with van der Waals surface area (Å²) >= 11 is 2.61. The number of carbonyl (C=O) groups is 2. The maximum atomic E-state index is 11.0. The van der Waals surface area contributed by atoms with E-state index < -0.39 is 16.7 Å². The molecule has 0 saturated heterocycles. The van der Waals surface area contributed by atoms with Crippen molar-refractivity contribution in [3.63, 3.8) is 0 Å². The van der Waals surface area contributed by atoms with E-state index in [-0.39, 0.29) is 0 Å². The van der Waals surface area contributed by atoms with Crippen molar-refractivity contribution >= 4 is 41.5 Å². The zero-order chi connectivity index (χ0) is 18.0. The van der Waals surface area contributed by atoms with Crippen molar-refractivity contribution in [2.45, 2.75) is 17.4 Å². The molecular formula is C17H22O5S2. The van der Waals surface area contributed by atoms with Gasteiger partial charge in [-0.15, -0.1) is 11.8 Å². The number of aliphatic carboxylic acids is 2. The third-order valence-electron chi connectivity index (χ3n) is 3.29. The standard InChI is InChI=1S/C17H22O5S2/c1-3-13-4-6-14(7-5-13)12-23-10-8-22-9-11-24-17(2,15(18)19)16(20)21/h3-7H,1,8-12H2,2H3,(H,18,19)(H,20,21). The molecule has 1 rings (SSSR count). The second kappa shape index (κ2) is 10.4. The highest BCUT2D eigenvalue weighted by atomic mass is 32.2. The fourth-order valence-corrected chi connectivity index (χ4v) is 3.34. The lowest BCUT2D eigenvalue weighted by molar-refractivity contribution is -0.150. The lowest BCUT2D eigenvalue weighted by Crippen LogP contribution is -2.40. The third-order valence-corrected chi connectivity index (χ3v) is 5.58. The van der Waals surface area contributed by atoms with E-state index in [2.05, 4.69) is 18.7 Å². The van der Waals surface area contributed by atoms with Gasteiger partial charge in [0, 0.05) is 17.3 Å². The topological polar surface area (TPSA) is 83.8 Å². The van der Waals surface area contributed by atoms with E-state index in [1.807, 2.05) is 18.2 Å². The summed E-state index contributed by atoms with van der Waals surface area (Å²) in [5, 5.41) is 17.9. The van der Waals surface area contributed by atoms with Gasteiger partial charge in [-0.2, -0.15) is 11.8 Å². The lowest BCUT2D eigenvalue weighted by Gasteiger charge is -2.18. The predicted octanol–water partition coefficient (Wildman–Crippen LogP) is 3.24. The minimum Gasteiger partial charge on any atom is -0.480 e. The van der Waals surface area contributed by atoms with Crippen LogP contribution in [0, 0.1) is 0 Å². The second-order valence-electron chi connectivity index (χ2n) is 5.10. The van der Waals surface area contributed by atoms with Gasteiger partial charge >= 0.3 is 11.9 Å². The van der Waals surface area contributed by atoms with Crippen molar-refractivity contribution in [3.05, 3.63) is 42.0 Å². The smallest absolute Gasteiger partial charge is 0.331 e. The number of benzene rings is 1. The van der Waals surface area contributed by atoms with Gasteiger partial charge in [-0.3, -0.25) is 9.59 Å². The van der Waals surface area contributed by atoms with Crippen LogP contribution in [0.2, 0.25) is 0 Å². The minimum absolute atomic E-state index is 0.322. The van der Waals surface area contributed by atoms with Crippen molar-refractivity contribution < 1.29 is 24.5 Å². The van der Waals surface area contributed by atoms with Gasteiger partial charge in [0.1, 0.15) is 0 Å². The van der Waals surface area contributed by atoms with E-state index in [0.29, 0.717) is 19.0 Å². The van der Waals surface area contributed by atoms with Gasteiger partial charge in [0.25, 0.3) is 0 Å². The van der Waals surface area contributed by atoms with Crippen LogP contribution < -0.4 is 0 Å². The predicted molar refractivity (Wildman–Crippen MR) is 99.6 cm³/mol. The monoisotopic (exact) mass is 370 g/mol. The molecule has 0 unspecified atom stereocenters. The first kappa shape index (κ1) is 20.6. The van der Waals surface area contributed by atoms with Gasteiger partial charge in [-0.25, -0.2) is 0 Å². The molecular weight excluding hydrogens is 348 g/mol. The molecule has 24 heavy (non-hydrogen) atoms. The number of thioether (sulfide) groups is 2. The van der Waals surface area contributed by atoms with Gasteiger partial charge in [-0.1, -0.05) is 36.9 Å². The van der Waals surface area contributed by atoms with Crippen LogP contribution in [0.3, 0.4) is 0 Å². The van der Waals surface area contributed by atoms with Crippen molar-refractivity contribution in [2.75, 3.05) is 24.7 Å². The van der Waals surface area contributed by atoms with E-state index in [4.69, 9.17) is 14.9 Å². The van der Waals surface area contributed by atoms with Crippen molar-refractivity contribution in [2.24, 2.45) is 0 Å². The molecule has 0 aliphatic heterocycles. The van der Waals surface area contributed by atoms with Crippen LogP contribution in [0.15, 0.2) is 30.8 Å². The van der Waals surface area contributed by atoms with E-state index in [1.165, 1.54) is 12.5 Å². The van der Waals surface area contributed by atoms with Crippen molar-refractivity contribution in [1.82, 2.24) is 0 Å². The van der Waals surface area contributed by atoms with E-state index in [0.717, 1.165) is 28.8 Å². The van der Waals surface area contributed by atoms with Crippen LogP contribution in [-0.2, 0) is 20.1 Å². The Morgan fingerprint density at radius 3 is 2.29 bits per heavy atom. The van der Waals surface area contributed by atoms with Crippen LogP contribution in [0.25, 0.3) is 6.08 Å². The molecule has 0 heterocycles. The van der Waals surface area contributed by atoms with Crippen molar-refractivity contribution in [1.29, 1.82) is 0 Å². The van der Waals surface area contributed by atoms with Gasteiger partial charge in [0.05, 0.1) is 13.2 Å². The summed E-state index contributed by atoms with van der Waals surface area (Å²) in [5.41, 5.74) is 2.33. The number of carboxylic acids is 2. The maximum absolute atomic E-state index is 11.0. The fraction of sp³-hybridized carbons (Fsp3) is 0.412. The first-order valence-electron chi connectivity index (χ1n) is 7.37. The normalized spacial score (nSPS) is 11.2. The molecule has 0 amide bonds. The minimum atomic E-state index is -1.82. The number of ether oxygens (including phenoxy) is 1. The molecule has 0 aliphatic rings. The van der Waals surface area contributed by atoms with Gasteiger partial charge in [0.2, 0.25) is 4.75 Å². The Morgan fingerprint density at radius 1 is 1.17 bits per heavy atom. The molecule has 0 radical (unpaired) electrons. The Kier molecular flexibility index (Phi) is 8.95. The maximum Gasteiger partial charge on any atom is 0.331 e. The van der Waals surface area contributed by atoms with E-state index in [9.17, 15) is 9.59 Å². The first-order chi connectivity index (χ1) is 11.4. The third kappa shape index (κ3) is 6.59.